The molecule has 2 aromatic rings. The van der Waals surface area contributed by atoms with Gasteiger partial charge in [0, 0.05) is 15.8 Å². The number of anilines is 3. The highest BCUT2D eigenvalue weighted by Gasteiger charge is 2.03. The minimum atomic E-state index is 0.517. The summed E-state index contributed by atoms with van der Waals surface area (Å²) in [5.74, 6) is 0. The molecule has 0 saturated carbocycles. The van der Waals surface area contributed by atoms with Gasteiger partial charge >= 0.3 is 0 Å². The van der Waals surface area contributed by atoms with Gasteiger partial charge in [0.2, 0.25) is 0 Å². The van der Waals surface area contributed by atoms with Gasteiger partial charge in [0.25, 0.3) is 0 Å². The van der Waals surface area contributed by atoms with Crippen molar-refractivity contribution < 1.29 is 0 Å². The maximum absolute atomic E-state index is 5.94. The van der Waals surface area contributed by atoms with Crippen LogP contribution in [-0.2, 0) is 0 Å². The van der Waals surface area contributed by atoms with E-state index in [0.717, 1.165) is 15.8 Å². The Balaban J connectivity index is 2.28. The van der Waals surface area contributed by atoms with Crippen LogP contribution < -0.4 is 11.1 Å². The number of nitrogen functional groups attached to an aromatic ring is 1. The lowest BCUT2D eigenvalue weighted by Crippen LogP contribution is -1.93. The fourth-order valence-electron chi connectivity index (χ4n) is 1.36. The van der Waals surface area contributed by atoms with Crippen molar-refractivity contribution in [2.75, 3.05) is 11.1 Å². The average Bonchev–Trinajstić information content (AvgIpc) is 2.27. The lowest BCUT2D eigenvalue weighted by Gasteiger charge is -2.09. The second kappa shape index (κ2) is 5.17. The van der Waals surface area contributed by atoms with E-state index in [2.05, 4.69) is 21.2 Å². The molecule has 0 fully saturated rings. The molecule has 0 spiro atoms. The summed E-state index contributed by atoms with van der Waals surface area (Å²) in [4.78, 5) is 0. The third-order valence-corrected chi connectivity index (χ3v) is 3.59. The van der Waals surface area contributed by atoms with Gasteiger partial charge in [0.05, 0.1) is 15.7 Å². The highest BCUT2D eigenvalue weighted by molar-refractivity contribution is 9.10. The van der Waals surface area contributed by atoms with Crippen molar-refractivity contribution in [2.24, 2.45) is 0 Å². The van der Waals surface area contributed by atoms with Crippen molar-refractivity contribution in [2.45, 2.75) is 0 Å². The summed E-state index contributed by atoms with van der Waals surface area (Å²) < 4.78 is 0.892. The van der Waals surface area contributed by atoms with E-state index in [1.807, 2.05) is 24.3 Å². The Bertz CT molecular complexity index is 558. The Kier molecular flexibility index (Phi) is 3.82. The van der Waals surface area contributed by atoms with E-state index in [-0.39, 0.29) is 0 Å². The van der Waals surface area contributed by atoms with Crippen LogP contribution in [0.2, 0.25) is 10.0 Å². The predicted molar refractivity (Wildman–Crippen MR) is 78.3 cm³/mol. The van der Waals surface area contributed by atoms with Crippen molar-refractivity contribution >= 4 is 56.2 Å². The molecule has 0 aliphatic carbocycles. The van der Waals surface area contributed by atoms with E-state index in [1.165, 1.54) is 0 Å². The fraction of sp³-hybridized carbons (Fsp3) is 0. The number of nitrogens with two attached hydrogens (primary N) is 1. The average molecular weight is 332 g/mol. The van der Waals surface area contributed by atoms with Crippen LogP contribution in [0.25, 0.3) is 0 Å². The number of rotatable bonds is 2. The first-order chi connectivity index (χ1) is 8.06. The quantitative estimate of drug-likeness (QED) is 0.753. The molecule has 0 atom stereocenters. The minimum Gasteiger partial charge on any atom is -0.399 e. The first kappa shape index (κ1) is 12.6. The van der Waals surface area contributed by atoms with Crippen molar-refractivity contribution in [3.8, 4) is 0 Å². The van der Waals surface area contributed by atoms with Gasteiger partial charge in [-0.1, -0.05) is 23.2 Å². The van der Waals surface area contributed by atoms with Crippen LogP contribution in [0.3, 0.4) is 0 Å². The lowest BCUT2D eigenvalue weighted by atomic mass is 10.2. The molecule has 0 bridgehead atoms. The molecule has 2 aromatic carbocycles. The van der Waals surface area contributed by atoms with Gasteiger partial charge in [0.15, 0.2) is 0 Å². The SMILES string of the molecule is Nc1ccc(Nc2ccc(Cl)c(Cl)c2)c(Br)c1. The summed E-state index contributed by atoms with van der Waals surface area (Å²) in [6.07, 6.45) is 0. The van der Waals surface area contributed by atoms with Crippen molar-refractivity contribution in [1.29, 1.82) is 0 Å². The molecule has 88 valence electrons. The lowest BCUT2D eigenvalue weighted by molar-refractivity contribution is 1.52. The summed E-state index contributed by atoms with van der Waals surface area (Å²) in [7, 11) is 0. The summed E-state index contributed by atoms with van der Waals surface area (Å²) in [5.41, 5.74) is 8.15. The smallest absolute Gasteiger partial charge is 0.0612 e. The molecular weight excluding hydrogens is 323 g/mol. The number of nitrogens with one attached hydrogen (secondary N) is 1. The number of hydrogen-bond donors (Lipinski definition) is 2. The molecule has 3 N–H and O–H groups in total. The van der Waals surface area contributed by atoms with Crippen molar-refractivity contribution in [3.05, 3.63) is 50.9 Å². The predicted octanol–water partition coefficient (Wildman–Crippen LogP) is 5.08. The molecule has 0 saturated heterocycles. The van der Waals surface area contributed by atoms with Gasteiger partial charge in [-0.25, -0.2) is 0 Å². The molecular formula is C12H9BrCl2N2. The van der Waals surface area contributed by atoms with Crippen LogP contribution in [-0.4, -0.2) is 0 Å². The zero-order valence-corrected chi connectivity index (χ0v) is 11.8. The molecule has 0 aromatic heterocycles. The number of halogens is 3. The zero-order chi connectivity index (χ0) is 12.4. The zero-order valence-electron chi connectivity index (χ0n) is 8.68. The maximum Gasteiger partial charge on any atom is 0.0612 e. The van der Waals surface area contributed by atoms with Gasteiger partial charge < -0.3 is 11.1 Å². The largest absolute Gasteiger partial charge is 0.399 e. The van der Waals surface area contributed by atoms with Crippen LogP contribution in [0.5, 0.6) is 0 Å². The molecule has 0 unspecified atom stereocenters. The van der Waals surface area contributed by atoms with Crippen LogP contribution in [0, 0.1) is 0 Å². The number of benzene rings is 2. The van der Waals surface area contributed by atoms with Gasteiger partial charge in [-0.2, -0.15) is 0 Å². The Morgan fingerprint density at radius 3 is 2.41 bits per heavy atom. The molecule has 0 radical (unpaired) electrons. The molecule has 0 aliphatic rings. The summed E-state index contributed by atoms with van der Waals surface area (Å²) in [6, 6.07) is 10.9. The second-order valence-corrected chi connectivity index (χ2v) is 5.16. The fourth-order valence-corrected chi connectivity index (χ4v) is 2.16. The first-order valence-electron chi connectivity index (χ1n) is 4.83. The molecule has 2 rings (SSSR count). The summed E-state index contributed by atoms with van der Waals surface area (Å²) in [5, 5.41) is 4.27. The van der Waals surface area contributed by atoms with Gasteiger partial charge in [-0.3, -0.25) is 0 Å². The van der Waals surface area contributed by atoms with E-state index in [1.54, 1.807) is 12.1 Å². The molecule has 2 nitrogen and oxygen atoms in total. The molecule has 17 heavy (non-hydrogen) atoms. The highest BCUT2D eigenvalue weighted by atomic mass is 79.9. The monoisotopic (exact) mass is 330 g/mol. The molecule has 0 heterocycles. The van der Waals surface area contributed by atoms with Crippen LogP contribution in [0.1, 0.15) is 0 Å². The van der Waals surface area contributed by atoms with E-state index in [0.29, 0.717) is 15.7 Å². The Labute approximate surface area is 118 Å². The highest BCUT2D eigenvalue weighted by Crippen LogP contribution is 2.30. The first-order valence-corrected chi connectivity index (χ1v) is 6.38. The van der Waals surface area contributed by atoms with Crippen LogP contribution in [0.4, 0.5) is 17.1 Å². The van der Waals surface area contributed by atoms with Crippen LogP contribution >= 0.6 is 39.1 Å². The Morgan fingerprint density at radius 2 is 1.76 bits per heavy atom. The normalized spacial score (nSPS) is 10.3. The second-order valence-electron chi connectivity index (χ2n) is 3.49. The summed E-state index contributed by atoms with van der Waals surface area (Å²) >= 11 is 15.2. The Morgan fingerprint density at radius 1 is 1.00 bits per heavy atom. The van der Waals surface area contributed by atoms with E-state index in [9.17, 15) is 0 Å². The standard InChI is InChI=1S/C12H9BrCl2N2/c13-9-5-7(16)1-4-12(9)17-8-2-3-10(14)11(15)6-8/h1-6,17H,16H2. The van der Waals surface area contributed by atoms with Gasteiger partial charge in [0.1, 0.15) is 0 Å². The molecule has 0 aliphatic heterocycles. The number of hydrogen-bond acceptors (Lipinski definition) is 2. The van der Waals surface area contributed by atoms with Crippen LogP contribution in [0.15, 0.2) is 40.9 Å². The Hall–Kier alpha value is -0.900. The topological polar surface area (TPSA) is 38.0 Å². The third-order valence-electron chi connectivity index (χ3n) is 2.19. The van der Waals surface area contributed by atoms with Crippen molar-refractivity contribution in [3.63, 3.8) is 0 Å². The van der Waals surface area contributed by atoms with Gasteiger partial charge in [-0.05, 0) is 52.3 Å². The van der Waals surface area contributed by atoms with Crippen molar-refractivity contribution in [1.82, 2.24) is 0 Å². The minimum absolute atomic E-state index is 0.517. The molecule has 0 amide bonds. The summed E-state index contributed by atoms with van der Waals surface area (Å²) in [6.45, 7) is 0. The maximum atomic E-state index is 5.94. The van der Waals surface area contributed by atoms with E-state index >= 15 is 0 Å². The third kappa shape index (κ3) is 3.06. The van der Waals surface area contributed by atoms with E-state index < -0.39 is 0 Å². The van der Waals surface area contributed by atoms with Gasteiger partial charge in [-0.15, -0.1) is 0 Å². The molecule has 5 heteroatoms. The van der Waals surface area contributed by atoms with E-state index in [4.69, 9.17) is 28.9 Å².